The molecule has 1 aliphatic carbocycles. The molecule has 0 saturated heterocycles. The smallest absolute Gasteiger partial charge is 0.0872 e. The molecule has 1 rings (SSSR count). The zero-order valence-corrected chi connectivity index (χ0v) is 15.9. The molecule has 1 aliphatic rings. The van der Waals surface area contributed by atoms with Crippen LogP contribution in [0.25, 0.3) is 0 Å². The molecule has 1 unspecified atom stereocenters. The lowest BCUT2D eigenvalue weighted by atomic mass is 9.97. The molecular formula is C18H38OSi. The fraction of sp³-hybridized carbons (Fsp3) is 1.00. The first-order valence-corrected chi connectivity index (χ1v) is 12.0. The summed E-state index contributed by atoms with van der Waals surface area (Å²) < 4.78 is 6.37. The molecule has 0 N–H and O–H groups in total. The minimum Gasteiger partial charge on any atom is -0.382 e. The molecule has 120 valence electrons. The average molecular weight is 299 g/mol. The molecule has 0 amide bonds. The molecule has 1 saturated carbocycles. The zero-order chi connectivity index (χ0) is 15.2. The van der Waals surface area contributed by atoms with Gasteiger partial charge in [0.05, 0.1) is 13.8 Å². The van der Waals surface area contributed by atoms with Gasteiger partial charge in [-0.05, 0) is 30.7 Å². The van der Waals surface area contributed by atoms with Crippen molar-refractivity contribution in [1.29, 1.82) is 0 Å². The Morgan fingerprint density at radius 3 is 1.80 bits per heavy atom. The van der Waals surface area contributed by atoms with Gasteiger partial charge in [0.25, 0.3) is 0 Å². The standard InChI is InChI=1S/C18H38OSi/c1-7-19-17(20(5,6)18(2,3)4)16-14-12-10-8-9-11-13-15-16/h16-17H,7-15H2,1-6H3. The molecule has 2 heteroatoms. The predicted octanol–water partition coefficient (Wildman–Crippen LogP) is 6.19. The van der Waals surface area contributed by atoms with E-state index in [0.717, 1.165) is 12.5 Å². The summed E-state index contributed by atoms with van der Waals surface area (Å²) in [6.45, 7) is 15.5. The van der Waals surface area contributed by atoms with Gasteiger partial charge in [-0.1, -0.05) is 72.4 Å². The maximum Gasteiger partial charge on any atom is 0.0872 e. The SMILES string of the molecule is CCOC(C1CCCCCCCC1)[Si](C)(C)C(C)(C)C. The largest absolute Gasteiger partial charge is 0.382 e. The first-order valence-electron chi connectivity index (χ1n) is 8.92. The molecule has 0 spiro atoms. The maximum absolute atomic E-state index is 6.37. The van der Waals surface area contributed by atoms with E-state index in [1.807, 2.05) is 0 Å². The van der Waals surface area contributed by atoms with Crippen LogP contribution in [-0.2, 0) is 4.74 Å². The van der Waals surface area contributed by atoms with E-state index >= 15 is 0 Å². The zero-order valence-electron chi connectivity index (χ0n) is 14.9. The first kappa shape index (κ1) is 18.2. The highest BCUT2D eigenvalue weighted by Gasteiger charge is 2.45. The Morgan fingerprint density at radius 1 is 0.950 bits per heavy atom. The van der Waals surface area contributed by atoms with Gasteiger partial charge in [-0.3, -0.25) is 0 Å². The van der Waals surface area contributed by atoms with Crippen molar-refractivity contribution >= 4 is 8.07 Å². The van der Waals surface area contributed by atoms with Crippen LogP contribution < -0.4 is 0 Å². The lowest BCUT2D eigenvalue weighted by molar-refractivity contribution is 0.0582. The number of hydrogen-bond acceptors (Lipinski definition) is 1. The van der Waals surface area contributed by atoms with Crippen LogP contribution in [0.3, 0.4) is 0 Å². The van der Waals surface area contributed by atoms with Crippen LogP contribution in [0.5, 0.6) is 0 Å². The van der Waals surface area contributed by atoms with Crippen molar-refractivity contribution in [3.63, 3.8) is 0 Å². The maximum atomic E-state index is 6.37. The summed E-state index contributed by atoms with van der Waals surface area (Å²) in [5.74, 6) is 0.814. The van der Waals surface area contributed by atoms with Crippen LogP contribution in [0.2, 0.25) is 18.1 Å². The van der Waals surface area contributed by atoms with Crippen molar-refractivity contribution in [2.45, 2.75) is 103 Å². The average Bonchev–Trinajstić information content (AvgIpc) is 2.47. The predicted molar refractivity (Wildman–Crippen MR) is 93.0 cm³/mol. The quantitative estimate of drug-likeness (QED) is 0.562. The number of hydrogen-bond donors (Lipinski definition) is 0. The monoisotopic (exact) mass is 298 g/mol. The van der Waals surface area contributed by atoms with E-state index in [9.17, 15) is 0 Å². The van der Waals surface area contributed by atoms with Gasteiger partial charge in [0.2, 0.25) is 0 Å². The summed E-state index contributed by atoms with van der Waals surface area (Å²) in [4.78, 5) is 0. The summed E-state index contributed by atoms with van der Waals surface area (Å²) in [5, 5.41) is 0.422. The fourth-order valence-electron chi connectivity index (χ4n) is 3.51. The van der Waals surface area contributed by atoms with Crippen LogP contribution in [0.4, 0.5) is 0 Å². The third-order valence-electron chi connectivity index (χ3n) is 5.82. The van der Waals surface area contributed by atoms with E-state index < -0.39 is 8.07 Å². The molecule has 0 aliphatic heterocycles. The summed E-state index contributed by atoms with van der Waals surface area (Å²) >= 11 is 0. The Bertz CT molecular complexity index is 257. The first-order chi connectivity index (χ1) is 9.30. The topological polar surface area (TPSA) is 9.23 Å². The van der Waals surface area contributed by atoms with Gasteiger partial charge in [-0.25, -0.2) is 0 Å². The van der Waals surface area contributed by atoms with Gasteiger partial charge in [0, 0.05) is 6.61 Å². The molecule has 0 heterocycles. The van der Waals surface area contributed by atoms with Crippen molar-refractivity contribution in [3.8, 4) is 0 Å². The normalized spacial score (nSPS) is 21.9. The Balaban J connectivity index is 2.86. The van der Waals surface area contributed by atoms with E-state index in [4.69, 9.17) is 4.74 Å². The van der Waals surface area contributed by atoms with Gasteiger partial charge in [-0.15, -0.1) is 0 Å². The highest BCUT2D eigenvalue weighted by atomic mass is 28.3. The second kappa shape index (κ2) is 7.98. The van der Waals surface area contributed by atoms with Crippen molar-refractivity contribution in [2.75, 3.05) is 6.61 Å². The van der Waals surface area contributed by atoms with E-state index in [-0.39, 0.29) is 0 Å². The van der Waals surface area contributed by atoms with Crippen molar-refractivity contribution in [2.24, 2.45) is 5.92 Å². The lowest BCUT2D eigenvalue weighted by Gasteiger charge is -2.46. The molecule has 0 bridgehead atoms. The van der Waals surface area contributed by atoms with Crippen LogP contribution in [0.15, 0.2) is 0 Å². The summed E-state index contributed by atoms with van der Waals surface area (Å²) in [6.07, 6.45) is 11.4. The molecule has 1 fully saturated rings. The summed E-state index contributed by atoms with van der Waals surface area (Å²) in [7, 11) is -1.42. The number of ether oxygens (including phenoxy) is 1. The van der Waals surface area contributed by atoms with Gasteiger partial charge < -0.3 is 4.74 Å². The molecule has 1 atom stereocenters. The van der Waals surface area contributed by atoms with E-state index in [0.29, 0.717) is 10.8 Å². The second-order valence-corrected chi connectivity index (χ2v) is 13.8. The van der Waals surface area contributed by atoms with E-state index in [1.165, 1.54) is 51.4 Å². The molecule has 0 aromatic carbocycles. The molecular weight excluding hydrogens is 260 g/mol. The second-order valence-electron chi connectivity index (χ2n) is 8.31. The Hall–Kier alpha value is 0.177. The Labute approximate surface area is 128 Å². The highest BCUT2D eigenvalue weighted by Crippen LogP contribution is 2.43. The molecule has 20 heavy (non-hydrogen) atoms. The molecule has 0 aromatic heterocycles. The third-order valence-corrected chi connectivity index (χ3v) is 11.7. The number of rotatable bonds is 4. The van der Waals surface area contributed by atoms with Gasteiger partial charge in [-0.2, -0.15) is 0 Å². The highest BCUT2D eigenvalue weighted by molar-refractivity contribution is 6.81. The van der Waals surface area contributed by atoms with Gasteiger partial charge in [0.1, 0.15) is 0 Å². The van der Waals surface area contributed by atoms with E-state index in [1.54, 1.807) is 0 Å². The van der Waals surface area contributed by atoms with Crippen molar-refractivity contribution in [3.05, 3.63) is 0 Å². The van der Waals surface area contributed by atoms with Gasteiger partial charge in [0.15, 0.2) is 0 Å². The van der Waals surface area contributed by atoms with Crippen molar-refractivity contribution < 1.29 is 4.74 Å². The Morgan fingerprint density at radius 2 is 1.40 bits per heavy atom. The minimum atomic E-state index is -1.42. The van der Waals surface area contributed by atoms with Crippen LogP contribution in [0.1, 0.15) is 79.1 Å². The van der Waals surface area contributed by atoms with E-state index in [2.05, 4.69) is 40.8 Å². The third kappa shape index (κ3) is 4.87. The van der Waals surface area contributed by atoms with Crippen LogP contribution >= 0.6 is 0 Å². The minimum absolute atomic E-state index is 0.422. The molecule has 1 nitrogen and oxygen atoms in total. The molecule has 0 aromatic rings. The van der Waals surface area contributed by atoms with Crippen LogP contribution in [0, 0.1) is 5.92 Å². The van der Waals surface area contributed by atoms with Gasteiger partial charge >= 0.3 is 0 Å². The van der Waals surface area contributed by atoms with Crippen molar-refractivity contribution in [1.82, 2.24) is 0 Å². The summed E-state index contributed by atoms with van der Waals surface area (Å²) in [5.41, 5.74) is 0.547. The summed E-state index contributed by atoms with van der Waals surface area (Å²) in [6, 6.07) is 0. The lowest BCUT2D eigenvalue weighted by Crippen LogP contribution is -2.54. The van der Waals surface area contributed by atoms with Crippen LogP contribution in [-0.4, -0.2) is 20.4 Å². The fourth-order valence-corrected chi connectivity index (χ4v) is 6.46. The Kier molecular flexibility index (Phi) is 7.27. The molecule has 0 radical (unpaired) electrons.